The second kappa shape index (κ2) is 5.73. The number of unbranched alkanes of at least 4 members (excludes halogenated alkanes) is 1. The Kier molecular flexibility index (Phi) is 4.59. The lowest BCUT2D eigenvalue weighted by atomic mass is 10.1. The zero-order valence-electron chi connectivity index (χ0n) is 9.49. The van der Waals surface area contributed by atoms with Crippen molar-refractivity contribution in [3.05, 3.63) is 0 Å². The third-order valence-electron chi connectivity index (χ3n) is 2.62. The van der Waals surface area contributed by atoms with E-state index in [2.05, 4.69) is 6.92 Å². The minimum absolute atomic E-state index is 0.0847. The fourth-order valence-corrected chi connectivity index (χ4v) is 1.76. The van der Waals surface area contributed by atoms with Gasteiger partial charge < -0.3 is 9.64 Å². The molecule has 1 saturated heterocycles. The molecule has 1 amide bonds. The van der Waals surface area contributed by atoms with Crippen molar-refractivity contribution in [2.24, 2.45) is 5.92 Å². The molecule has 1 aliphatic rings. The highest BCUT2D eigenvalue weighted by Gasteiger charge is 2.34. The zero-order valence-corrected chi connectivity index (χ0v) is 9.49. The first-order valence-corrected chi connectivity index (χ1v) is 5.63. The Hall–Kier alpha value is -1.06. The summed E-state index contributed by atoms with van der Waals surface area (Å²) in [5, 5.41) is 0. The van der Waals surface area contributed by atoms with E-state index in [1.807, 2.05) is 0 Å². The highest BCUT2D eigenvalue weighted by molar-refractivity contribution is 5.86. The summed E-state index contributed by atoms with van der Waals surface area (Å²) in [6, 6.07) is 0. The first-order chi connectivity index (χ1) is 7.19. The first kappa shape index (κ1) is 12.0. The van der Waals surface area contributed by atoms with Crippen LogP contribution in [0.15, 0.2) is 0 Å². The van der Waals surface area contributed by atoms with E-state index in [0.717, 1.165) is 19.4 Å². The fourth-order valence-electron chi connectivity index (χ4n) is 1.76. The lowest BCUT2D eigenvalue weighted by molar-refractivity contribution is -0.147. The summed E-state index contributed by atoms with van der Waals surface area (Å²) < 4.78 is 4.91. The molecule has 0 aromatic carbocycles. The van der Waals surface area contributed by atoms with E-state index in [4.69, 9.17) is 4.74 Å². The summed E-state index contributed by atoms with van der Waals surface area (Å²) >= 11 is 0. The minimum Gasteiger partial charge on any atom is -0.466 e. The van der Waals surface area contributed by atoms with Crippen molar-refractivity contribution in [1.82, 2.24) is 4.90 Å². The number of carbonyl (C=O) groups excluding carboxylic acids is 2. The predicted octanol–water partition coefficient (Wildman–Crippen LogP) is 1.20. The number of ether oxygens (including phenoxy) is 1. The van der Waals surface area contributed by atoms with Crippen LogP contribution in [0.25, 0.3) is 0 Å². The number of rotatable bonds is 5. The maximum Gasteiger partial charge on any atom is 0.311 e. The summed E-state index contributed by atoms with van der Waals surface area (Å²) in [6.45, 7) is 5.56. The van der Waals surface area contributed by atoms with Crippen molar-refractivity contribution in [1.29, 1.82) is 0 Å². The van der Waals surface area contributed by atoms with Gasteiger partial charge in [-0.3, -0.25) is 9.59 Å². The van der Waals surface area contributed by atoms with E-state index in [9.17, 15) is 9.59 Å². The van der Waals surface area contributed by atoms with Crippen LogP contribution >= 0.6 is 0 Å². The highest BCUT2D eigenvalue weighted by atomic mass is 16.5. The molecule has 86 valence electrons. The van der Waals surface area contributed by atoms with E-state index in [1.165, 1.54) is 0 Å². The fraction of sp³-hybridized carbons (Fsp3) is 0.818. The average Bonchev–Trinajstić information content (AvgIpc) is 2.57. The molecule has 0 aromatic heterocycles. The largest absolute Gasteiger partial charge is 0.466 e. The Bertz CT molecular complexity index is 240. The quantitative estimate of drug-likeness (QED) is 0.645. The summed E-state index contributed by atoms with van der Waals surface area (Å²) in [5.74, 6) is -0.388. The average molecular weight is 213 g/mol. The Labute approximate surface area is 90.6 Å². The predicted molar refractivity (Wildman–Crippen MR) is 56.2 cm³/mol. The van der Waals surface area contributed by atoms with Crippen molar-refractivity contribution in [3.63, 3.8) is 0 Å². The van der Waals surface area contributed by atoms with Gasteiger partial charge in [-0.25, -0.2) is 0 Å². The number of hydrogen-bond acceptors (Lipinski definition) is 3. The van der Waals surface area contributed by atoms with Crippen LogP contribution in [0.2, 0.25) is 0 Å². The molecule has 0 aromatic rings. The molecule has 0 saturated carbocycles. The molecule has 0 radical (unpaired) electrons. The molecular formula is C11H19NO3. The monoisotopic (exact) mass is 213 g/mol. The van der Waals surface area contributed by atoms with Crippen molar-refractivity contribution < 1.29 is 14.3 Å². The maximum atomic E-state index is 11.5. The van der Waals surface area contributed by atoms with Gasteiger partial charge in [0.25, 0.3) is 0 Å². The van der Waals surface area contributed by atoms with Crippen LogP contribution in [0.5, 0.6) is 0 Å². The van der Waals surface area contributed by atoms with E-state index >= 15 is 0 Å². The van der Waals surface area contributed by atoms with Gasteiger partial charge >= 0.3 is 5.97 Å². The number of hydrogen-bond donors (Lipinski definition) is 0. The van der Waals surface area contributed by atoms with Crippen LogP contribution in [-0.2, 0) is 14.3 Å². The van der Waals surface area contributed by atoms with Gasteiger partial charge in [0.15, 0.2) is 0 Å². The molecule has 15 heavy (non-hydrogen) atoms. The van der Waals surface area contributed by atoms with Gasteiger partial charge in [0.1, 0.15) is 0 Å². The third-order valence-corrected chi connectivity index (χ3v) is 2.62. The molecule has 4 heteroatoms. The lowest BCUT2D eigenvalue weighted by Crippen LogP contribution is -2.27. The SMILES string of the molecule is CCCCN1C[C@@H](C(=O)OCC)CC1=O. The molecule has 1 aliphatic heterocycles. The van der Waals surface area contributed by atoms with Crippen molar-refractivity contribution in [3.8, 4) is 0 Å². The van der Waals surface area contributed by atoms with E-state index < -0.39 is 0 Å². The molecule has 0 bridgehead atoms. The van der Waals surface area contributed by atoms with Crippen LogP contribution in [0.1, 0.15) is 33.1 Å². The Morgan fingerprint density at radius 2 is 2.27 bits per heavy atom. The first-order valence-electron chi connectivity index (χ1n) is 5.63. The van der Waals surface area contributed by atoms with Gasteiger partial charge in [-0.05, 0) is 13.3 Å². The molecule has 1 fully saturated rings. The number of esters is 1. The minimum atomic E-state index is -0.241. The van der Waals surface area contributed by atoms with Crippen molar-refractivity contribution in [2.45, 2.75) is 33.1 Å². The van der Waals surface area contributed by atoms with E-state index in [1.54, 1.807) is 11.8 Å². The van der Waals surface area contributed by atoms with Gasteiger partial charge in [-0.15, -0.1) is 0 Å². The zero-order chi connectivity index (χ0) is 11.3. The summed E-state index contributed by atoms with van der Waals surface area (Å²) in [6.07, 6.45) is 2.39. The normalized spacial score (nSPS) is 20.8. The van der Waals surface area contributed by atoms with Crippen molar-refractivity contribution >= 4 is 11.9 Å². The lowest BCUT2D eigenvalue weighted by Gasteiger charge is -2.15. The summed E-state index contributed by atoms with van der Waals surface area (Å²) in [5.41, 5.74) is 0. The van der Waals surface area contributed by atoms with Crippen molar-refractivity contribution in [2.75, 3.05) is 19.7 Å². The van der Waals surface area contributed by atoms with E-state index in [-0.39, 0.29) is 17.8 Å². The number of likely N-dealkylation sites (tertiary alicyclic amines) is 1. The van der Waals surface area contributed by atoms with Crippen LogP contribution in [-0.4, -0.2) is 36.5 Å². The molecule has 0 unspecified atom stereocenters. The molecule has 1 heterocycles. The summed E-state index contributed by atoms with van der Waals surface area (Å²) in [7, 11) is 0. The molecule has 0 N–H and O–H groups in total. The molecule has 0 aliphatic carbocycles. The van der Waals surface area contributed by atoms with Crippen LogP contribution in [0, 0.1) is 5.92 Å². The standard InChI is InChI=1S/C11H19NO3/c1-3-5-6-12-8-9(7-10(12)13)11(14)15-4-2/h9H,3-8H2,1-2H3/t9-/m0/s1. The Balaban J connectivity index is 2.41. The molecular weight excluding hydrogens is 194 g/mol. The molecule has 0 spiro atoms. The van der Waals surface area contributed by atoms with Crippen LogP contribution < -0.4 is 0 Å². The second-order valence-electron chi connectivity index (χ2n) is 3.85. The Morgan fingerprint density at radius 1 is 1.53 bits per heavy atom. The van der Waals surface area contributed by atoms with Gasteiger partial charge in [0.05, 0.1) is 12.5 Å². The van der Waals surface area contributed by atoms with Crippen LogP contribution in [0.3, 0.4) is 0 Å². The molecule has 1 rings (SSSR count). The van der Waals surface area contributed by atoms with E-state index in [0.29, 0.717) is 19.6 Å². The second-order valence-corrected chi connectivity index (χ2v) is 3.85. The number of carbonyl (C=O) groups is 2. The van der Waals surface area contributed by atoms with Gasteiger partial charge in [0.2, 0.25) is 5.91 Å². The Morgan fingerprint density at radius 3 is 2.87 bits per heavy atom. The number of nitrogens with zero attached hydrogens (tertiary/aromatic N) is 1. The number of amides is 1. The summed E-state index contributed by atoms with van der Waals surface area (Å²) in [4.78, 5) is 24.7. The third kappa shape index (κ3) is 3.22. The van der Waals surface area contributed by atoms with Gasteiger partial charge in [-0.1, -0.05) is 13.3 Å². The molecule has 4 nitrogen and oxygen atoms in total. The van der Waals surface area contributed by atoms with Gasteiger partial charge in [0, 0.05) is 19.5 Å². The van der Waals surface area contributed by atoms with Gasteiger partial charge in [-0.2, -0.15) is 0 Å². The molecule has 1 atom stereocenters. The highest BCUT2D eigenvalue weighted by Crippen LogP contribution is 2.19. The maximum absolute atomic E-state index is 11.5. The smallest absolute Gasteiger partial charge is 0.311 e. The van der Waals surface area contributed by atoms with Crippen LogP contribution in [0.4, 0.5) is 0 Å². The topological polar surface area (TPSA) is 46.6 Å².